The number of hydrogen-bond donors (Lipinski definition) is 1. The van der Waals surface area contributed by atoms with Crippen molar-refractivity contribution in [2.45, 2.75) is 70.4 Å². The summed E-state index contributed by atoms with van der Waals surface area (Å²) >= 11 is 6.32. The topological polar surface area (TPSA) is 12.0 Å². The van der Waals surface area contributed by atoms with Gasteiger partial charge in [-0.1, -0.05) is 56.5 Å². The van der Waals surface area contributed by atoms with Crippen LogP contribution in [0.3, 0.4) is 0 Å². The zero-order valence-corrected chi connectivity index (χ0v) is 14.1. The third kappa shape index (κ3) is 3.46. The third-order valence-corrected chi connectivity index (χ3v) is 5.95. The van der Waals surface area contributed by atoms with Crippen LogP contribution in [0.4, 0.5) is 0 Å². The van der Waals surface area contributed by atoms with E-state index < -0.39 is 0 Å². The van der Waals surface area contributed by atoms with Crippen molar-refractivity contribution in [1.29, 1.82) is 0 Å². The van der Waals surface area contributed by atoms with Gasteiger partial charge in [-0.3, -0.25) is 0 Å². The van der Waals surface area contributed by atoms with Crippen LogP contribution in [0.1, 0.15) is 63.9 Å². The smallest absolute Gasteiger partial charge is 0.0440 e. The van der Waals surface area contributed by atoms with E-state index in [1.165, 1.54) is 44.1 Å². The summed E-state index contributed by atoms with van der Waals surface area (Å²) in [7, 11) is 0. The van der Waals surface area contributed by atoms with Crippen molar-refractivity contribution >= 4 is 11.6 Å². The molecule has 2 aliphatic rings. The Balaban J connectivity index is 1.53. The van der Waals surface area contributed by atoms with E-state index in [0.717, 1.165) is 22.9 Å². The fourth-order valence-electron chi connectivity index (χ4n) is 4.28. The maximum atomic E-state index is 6.32. The maximum absolute atomic E-state index is 6.32. The Morgan fingerprint density at radius 3 is 2.52 bits per heavy atom. The molecule has 0 heterocycles. The SMILES string of the molecule is CC(C)C1CCCCC1NC1CC(c2ccccc2Cl)C1. The fraction of sp³-hybridized carbons (Fsp3) is 0.684. The minimum atomic E-state index is 0.664. The summed E-state index contributed by atoms with van der Waals surface area (Å²) in [5.74, 6) is 2.35. The fourth-order valence-corrected chi connectivity index (χ4v) is 4.57. The van der Waals surface area contributed by atoms with Crippen molar-refractivity contribution in [3.63, 3.8) is 0 Å². The molecule has 2 saturated carbocycles. The lowest BCUT2D eigenvalue weighted by molar-refractivity contribution is 0.160. The molecule has 1 N–H and O–H groups in total. The molecule has 0 bridgehead atoms. The molecule has 2 atom stereocenters. The molecular formula is C19H28ClN. The number of nitrogens with one attached hydrogen (secondary N) is 1. The molecule has 1 nitrogen and oxygen atoms in total. The van der Waals surface area contributed by atoms with E-state index in [1.807, 2.05) is 12.1 Å². The van der Waals surface area contributed by atoms with Crippen LogP contribution < -0.4 is 5.32 Å². The van der Waals surface area contributed by atoms with Gasteiger partial charge in [0.25, 0.3) is 0 Å². The summed E-state index contributed by atoms with van der Waals surface area (Å²) < 4.78 is 0. The second-order valence-corrected chi connectivity index (χ2v) is 7.76. The molecule has 2 fully saturated rings. The highest BCUT2D eigenvalue weighted by molar-refractivity contribution is 6.31. The second-order valence-electron chi connectivity index (χ2n) is 7.35. The number of rotatable bonds is 4. The van der Waals surface area contributed by atoms with Crippen molar-refractivity contribution in [1.82, 2.24) is 5.32 Å². The van der Waals surface area contributed by atoms with E-state index in [9.17, 15) is 0 Å². The van der Waals surface area contributed by atoms with Gasteiger partial charge in [-0.15, -0.1) is 0 Å². The summed E-state index contributed by atoms with van der Waals surface area (Å²) in [5, 5.41) is 4.91. The summed E-state index contributed by atoms with van der Waals surface area (Å²) in [4.78, 5) is 0. The largest absolute Gasteiger partial charge is 0.311 e. The van der Waals surface area contributed by atoms with Crippen LogP contribution >= 0.6 is 11.6 Å². The van der Waals surface area contributed by atoms with E-state index in [2.05, 4.69) is 31.3 Å². The minimum absolute atomic E-state index is 0.664. The van der Waals surface area contributed by atoms with E-state index in [4.69, 9.17) is 11.6 Å². The van der Waals surface area contributed by atoms with E-state index in [1.54, 1.807) is 0 Å². The van der Waals surface area contributed by atoms with Crippen molar-refractivity contribution in [2.24, 2.45) is 11.8 Å². The first-order chi connectivity index (χ1) is 10.1. The van der Waals surface area contributed by atoms with Gasteiger partial charge in [-0.25, -0.2) is 0 Å². The molecule has 0 spiro atoms. The summed E-state index contributed by atoms with van der Waals surface area (Å²) in [5.41, 5.74) is 1.35. The summed E-state index contributed by atoms with van der Waals surface area (Å²) in [6.07, 6.45) is 8.12. The number of halogens is 1. The average Bonchev–Trinajstić information content (AvgIpc) is 2.44. The Morgan fingerprint density at radius 1 is 1.10 bits per heavy atom. The van der Waals surface area contributed by atoms with Crippen molar-refractivity contribution in [3.05, 3.63) is 34.9 Å². The first kappa shape index (κ1) is 15.4. The predicted molar refractivity (Wildman–Crippen MR) is 90.9 cm³/mol. The highest BCUT2D eigenvalue weighted by Gasteiger charge is 2.35. The van der Waals surface area contributed by atoms with Gasteiger partial charge in [-0.05, 0) is 55.1 Å². The quantitative estimate of drug-likeness (QED) is 0.786. The van der Waals surface area contributed by atoms with Crippen molar-refractivity contribution in [3.8, 4) is 0 Å². The monoisotopic (exact) mass is 305 g/mol. The van der Waals surface area contributed by atoms with Crippen LogP contribution in [-0.4, -0.2) is 12.1 Å². The Hall–Kier alpha value is -0.530. The molecule has 21 heavy (non-hydrogen) atoms. The Kier molecular flexibility index (Phi) is 4.91. The number of benzene rings is 1. The minimum Gasteiger partial charge on any atom is -0.311 e. The van der Waals surface area contributed by atoms with Crippen molar-refractivity contribution in [2.75, 3.05) is 0 Å². The van der Waals surface area contributed by atoms with Crippen LogP contribution in [0.15, 0.2) is 24.3 Å². The lowest BCUT2D eigenvalue weighted by atomic mass is 9.73. The lowest BCUT2D eigenvalue weighted by Gasteiger charge is -2.43. The zero-order valence-electron chi connectivity index (χ0n) is 13.3. The Bertz CT molecular complexity index is 464. The molecule has 0 amide bonds. The van der Waals surface area contributed by atoms with Gasteiger partial charge in [0.1, 0.15) is 0 Å². The molecule has 1 aromatic rings. The van der Waals surface area contributed by atoms with Gasteiger partial charge in [0.05, 0.1) is 0 Å². The third-order valence-electron chi connectivity index (χ3n) is 5.61. The van der Waals surface area contributed by atoms with Crippen LogP contribution in [0, 0.1) is 11.8 Å². The highest BCUT2D eigenvalue weighted by Crippen LogP contribution is 2.41. The van der Waals surface area contributed by atoms with Crippen LogP contribution in [-0.2, 0) is 0 Å². The maximum Gasteiger partial charge on any atom is 0.0440 e. The van der Waals surface area contributed by atoms with E-state index in [0.29, 0.717) is 12.0 Å². The molecule has 0 saturated heterocycles. The molecule has 2 heteroatoms. The predicted octanol–water partition coefficient (Wildman–Crippen LogP) is 5.39. The van der Waals surface area contributed by atoms with Crippen molar-refractivity contribution < 1.29 is 0 Å². The van der Waals surface area contributed by atoms with Gasteiger partial charge < -0.3 is 5.32 Å². The zero-order chi connectivity index (χ0) is 14.8. The highest BCUT2D eigenvalue weighted by atomic mass is 35.5. The van der Waals surface area contributed by atoms with Crippen LogP contribution in [0.25, 0.3) is 0 Å². The van der Waals surface area contributed by atoms with E-state index in [-0.39, 0.29) is 0 Å². The van der Waals surface area contributed by atoms with Crippen LogP contribution in [0.5, 0.6) is 0 Å². The standard InChI is InChI=1S/C19H28ClN/c1-13(2)16-7-4-6-10-19(16)21-15-11-14(12-15)17-8-3-5-9-18(17)20/h3,5,8-9,13-16,19,21H,4,6-7,10-12H2,1-2H3. The average molecular weight is 306 g/mol. The van der Waals surface area contributed by atoms with Gasteiger partial charge in [0, 0.05) is 17.1 Å². The molecule has 3 rings (SSSR count). The molecule has 2 aliphatic carbocycles. The molecule has 2 unspecified atom stereocenters. The van der Waals surface area contributed by atoms with Gasteiger partial charge in [-0.2, -0.15) is 0 Å². The molecule has 0 aliphatic heterocycles. The molecule has 1 aromatic carbocycles. The first-order valence-corrected chi connectivity index (χ1v) is 9.03. The lowest BCUT2D eigenvalue weighted by Crippen LogP contribution is -2.50. The molecular weight excluding hydrogens is 278 g/mol. The second kappa shape index (κ2) is 6.71. The molecule has 0 aromatic heterocycles. The normalized spacial score (nSPS) is 33.0. The first-order valence-electron chi connectivity index (χ1n) is 8.65. The molecule has 0 radical (unpaired) electrons. The Morgan fingerprint density at radius 2 is 1.81 bits per heavy atom. The molecule has 116 valence electrons. The van der Waals surface area contributed by atoms with Gasteiger partial charge in [0.2, 0.25) is 0 Å². The van der Waals surface area contributed by atoms with E-state index >= 15 is 0 Å². The summed E-state index contributed by atoms with van der Waals surface area (Å²) in [6.45, 7) is 4.77. The van der Waals surface area contributed by atoms with Gasteiger partial charge in [0.15, 0.2) is 0 Å². The Labute approximate surface area is 134 Å². The summed E-state index contributed by atoms with van der Waals surface area (Å²) in [6, 6.07) is 9.80. The van der Waals surface area contributed by atoms with Crippen LogP contribution in [0.2, 0.25) is 5.02 Å². The number of hydrogen-bond acceptors (Lipinski definition) is 1. The van der Waals surface area contributed by atoms with Gasteiger partial charge >= 0.3 is 0 Å².